The van der Waals surface area contributed by atoms with Crippen LogP contribution in [0.4, 0.5) is 4.79 Å². The average Bonchev–Trinajstić information content (AvgIpc) is 3.14. The van der Waals surface area contributed by atoms with E-state index in [1.165, 1.54) is 0 Å². The summed E-state index contributed by atoms with van der Waals surface area (Å²) < 4.78 is 12.4. The maximum absolute atomic E-state index is 13.1. The first kappa shape index (κ1) is 21.2. The number of aryl methyl sites for hydroxylation is 1. The topological polar surface area (TPSA) is 86.4 Å². The van der Waals surface area contributed by atoms with Crippen LogP contribution in [0.3, 0.4) is 0 Å². The summed E-state index contributed by atoms with van der Waals surface area (Å²) in [5.41, 5.74) is 2.37. The summed E-state index contributed by atoms with van der Waals surface area (Å²) >= 11 is 0. The molecule has 4 rings (SSSR count). The number of carbonyl (C=O) groups is 2. The first-order valence-electron chi connectivity index (χ1n) is 10.6. The van der Waals surface area contributed by atoms with Crippen molar-refractivity contribution < 1.29 is 18.8 Å². The normalized spacial score (nSPS) is 15.1. The summed E-state index contributed by atoms with van der Waals surface area (Å²) in [6.45, 7) is 9.60. The fourth-order valence-corrected chi connectivity index (χ4v) is 3.58. The summed E-state index contributed by atoms with van der Waals surface area (Å²) in [6, 6.07) is 9.79. The summed E-state index contributed by atoms with van der Waals surface area (Å²) in [5.74, 6) is 0.784. The van der Waals surface area contributed by atoms with Crippen molar-refractivity contribution >= 4 is 22.9 Å². The predicted octanol–water partition coefficient (Wildman–Crippen LogP) is 4.73. The van der Waals surface area contributed by atoms with Gasteiger partial charge in [0.25, 0.3) is 0 Å². The number of nitrogens with zero attached hydrogens (tertiary/aromatic N) is 2. The van der Waals surface area contributed by atoms with Gasteiger partial charge < -0.3 is 14.6 Å². The Bertz CT molecular complexity index is 1150. The van der Waals surface area contributed by atoms with Crippen molar-refractivity contribution in [1.82, 2.24) is 15.0 Å². The van der Waals surface area contributed by atoms with Gasteiger partial charge in [0.1, 0.15) is 11.4 Å². The van der Waals surface area contributed by atoms with Gasteiger partial charge in [0.15, 0.2) is 0 Å². The minimum Gasteiger partial charge on any atom is -0.443 e. The monoisotopic (exact) mass is 423 g/mol. The van der Waals surface area contributed by atoms with E-state index in [0.717, 1.165) is 40.8 Å². The molecular formula is C24H29N3O4. The third-order valence-corrected chi connectivity index (χ3v) is 5.56. The van der Waals surface area contributed by atoms with Crippen LogP contribution in [0.15, 0.2) is 34.9 Å². The highest BCUT2D eigenvalue weighted by Gasteiger charge is 2.44. The van der Waals surface area contributed by atoms with Gasteiger partial charge in [-0.15, -0.1) is 0 Å². The number of hydrogen-bond donors (Lipinski definition) is 1. The number of rotatable bonds is 5. The maximum atomic E-state index is 13.1. The van der Waals surface area contributed by atoms with Crippen LogP contribution >= 0.6 is 0 Å². The molecule has 1 aliphatic carbocycles. The molecule has 2 heterocycles. The van der Waals surface area contributed by atoms with Crippen LogP contribution in [0.1, 0.15) is 63.2 Å². The number of amides is 1. The number of fused-ring (bicyclic) bond motifs is 1. The van der Waals surface area contributed by atoms with Gasteiger partial charge >= 0.3 is 6.09 Å². The van der Waals surface area contributed by atoms with Crippen LogP contribution in [0.25, 0.3) is 10.9 Å². The highest BCUT2D eigenvalue weighted by atomic mass is 16.6. The fraction of sp³-hybridized carbons (Fsp3) is 0.458. The highest BCUT2D eigenvalue weighted by molar-refractivity contribution is 5.92. The van der Waals surface area contributed by atoms with Crippen molar-refractivity contribution in [1.29, 1.82) is 0 Å². The lowest BCUT2D eigenvalue weighted by atomic mass is 10.1. The van der Waals surface area contributed by atoms with Crippen LogP contribution in [0.2, 0.25) is 0 Å². The average molecular weight is 424 g/mol. The molecule has 3 aromatic rings. The van der Waals surface area contributed by atoms with Crippen molar-refractivity contribution in [2.45, 2.75) is 66.0 Å². The van der Waals surface area contributed by atoms with E-state index in [1.54, 1.807) is 4.57 Å². The van der Waals surface area contributed by atoms with Gasteiger partial charge in [0.2, 0.25) is 5.91 Å². The molecule has 0 radical (unpaired) electrons. The third kappa shape index (κ3) is 4.65. The molecule has 7 nitrogen and oxygen atoms in total. The molecule has 0 aliphatic heterocycles. The molecule has 1 fully saturated rings. The fourth-order valence-electron chi connectivity index (χ4n) is 3.58. The van der Waals surface area contributed by atoms with Crippen molar-refractivity contribution in [3.05, 3.63) is 53.0 Å². The molecule has 7 heteroatoms. The van der Waals surface area contributed by atoms with Gasteiger partial charge in [-0.05, 0) is 58.2 Å². The van der Waals surface area contributed by atoms with Gasteiger partial charge in [-0.3, -0.25) is 4.79 Å². The van der Waals surface area contributed by atoms with E-state index >= 15 is 0 Å². The van der Waals surface area contributed by atoms with Crippen molar-refractivity contribution in [3.8, 4) is 0 Å². The molecule has 1 aromatic carbocycles. The molecule has 0 spiro atoms. The second-order valence-electron chi connectivity index (χ2n) is 9.69. The van der Waals surface area contributed by atoms with E-state index in [0.29, 0.717) is 12.1 Å². The van der Waals surface area contributed by atoms with Crippen LogP contribution < -0.4 is 5.32 Å². The van der Waals surface area contributed by atoms with E-state index in [4.69, 9.17) is 9.26 Å². The molecule has 0 unspecified atom stereocenters. The summed E-state index contributed by atoms with van der Waals surface area (Å²) in [7, 11) is 0. The Morgan fingerprint density at radius 3 is 2.58 bits per heavy atom. The lowest BCUT2D eigenvalue weighted by molar-refractivity contribution is -0.125. The highest BCUT2D eigenvalue weighted by Crippen LogP contribution is 2.45. The number of hydrogen-bond acceptors (Lipinski definition) is 5. The summed E-state index contributed by atoms with van der Waals surface area (Å²) in [6.07, 6.45) is 1.94. The van der Waals surface area contributed by atoms with E-state index in [1.807, 2.05) is 65.0 Å². The van der Waals surface area contributed by atoms with Crippen molar-refractivity contribution in [2.24, 2.45) is 5.41 Å². The van der Waals surface area contributed by atoms with Crippen molar-refractivity contribution in [2.75, 3.05) is 0 Å². The Morgan fingerprint density at radius 2 is 1.97 bits per heavy atom. The zero-order chi connectivity index (χ0) is 22.4. The van der Waals surface area contributed by atoms with Crippen LogP contribution in [-0.4, -0.2) is 27.3 Å². The lowest BCUT2D eigenvalue weighted by Crippen LogP contribution is -2.32. The van der Waals surface area contributed by atoms with E-state index < -0.39 is 11.7 Å². The Labute approximate surface area is 181 Å². The molecule has 0 atom stereocenters. The van der Waals surface area contributed by atoms with E-state index in [9.17, 15) is 9.59 Å². The van der Waals surface area contributed by atoms with E-state index in [2.05, 4.69) is 10.5 Å². The minimum atomic E-state index is -0.633. The van der Waals surface area contributed by atoms with Crippen LogP contribution in [-0.2, 0) is 22.5 Å². The number of aromatic nitrogens is 2. The van der Waals surface area contributed by atoms with Crippen LogP contribution in [0, 0.1) is 12.3 Å². The summed E-state index contributed by atoms with van der Waals surface area (Å²) in [4.78, 5) is 25.5. The number of ether oxygens (including phenoxy) is 1. The van der Waals surface area contributed by atoms with Gasteiger partial charge in [-0.1, -0.05) is 24.2 Å². The molecule has 1 aliphatic rings. The zero-order valence-corrected chi connectivity index (χ0v) is 18.7. The van der Waals surface area contributed by atoms with Gasteiger partial charge in [-0.2, -0.15) is 0 Å². The Hall–Kier alpha value is -3.09. The molecule has 31 heavy (non-hydrogen) atoms. The molecular weight excluding hydrogens is 394 g/mol. The largest absolute Gasteiger partial charge is 0.443 e. The Morgan fingerprint density at radius 1 is 1.23 bits per heavy atom. The zero-order valence-electron chi connectivity index (χ0n) is 18.7. The first-order chi connectivity index (χ1) is 14.5. The molecule has 1 amide bonds. The standard InChI is InChI=1S/C24H29N3O4/c1-15-10-18(26-31-15)11-16-6-7-17-13-19(14-25-21(28)24(5)8-9-24)27(20(17)12-16)22(29)30-23(2,3)4/h6-7,10,12-13H,8-9,11,14H2,1-5H3,(H,25,28). The van der Waals surface area contributed by atoms with Crippen LogP contribution in [0.5, 0.6) is 0 Å². The molecule has 1 N–H and O–H groups in total. The minimum absolute atomic E-state index is 0.0237. The third-order valence-electron chi connectivity index (χ3n) is 5.56. The van der Waals surface area contributed by atoms with Crippen molar-refractivity contribution in [3.63, 3.8) is 0 Å². The SMILES string of the molecule is Cc1cc(Cc2ccc3cc(CNC(=O)C4(C)CC4)n(C(=O)OC(C)(C)C)c3c2)no1. The molecule has 164 valence electrons. The van der Waals surface area contributed by atoms with Gasteiger partial charge in [0, 0.05) is 29.0 Å². The Kier molecular flexibility index (Phi) is 5.15. The molecule has 0 bridgehead atoms. The molecule has 1 saturated carbocycles. The van der Waals surface area contributed by atoms with Gasteiger partial charge in [-0.25, -0.2) is 9.36 Å². The Balaban J connectivity index is 1.68. The smallest absolute Gasteiger partial charge is 0.419 e. The number of carbonyl (C=O) groups excluding carboxylic acids is 2. The quantitative estimate of drug-likeness (QED) is 0.641. The number of nitrogens with one attached hydrogen (secondary N) is 1. The lowest BCUT2D eigenvalue weighted by Gasteiger charge is -2.21. The maximum Gasteiger partial charge on any atom is 0.419 e. The van der Waals surface area contributed by atoms with Gasteiger partial charge in [0.05, 0.1) is 17.8 Å². The molecule has 0 saturated heterocycles. The second kappa shape index (κ2) is 7.55. The molecule has 2 aromatic heterocycles. The predicted molar refractivity (Wildman–Crippen MR) is 117 cm³/mol. The first-order valence-corrected chi connectivity index (χ1v) is 10.6. The number of benzene rings is 1. The summed E-state index contributed by atoms with van der Waals surface area (Å²) in [5, 5.41) is 7.96. The second-order valence-corrected chi connectivity index (χ2v) is 9.69. The van der Waals surface area contributed by atoms with E-state index in [-0.39, 0.29) is 17.9 Å².